The number of hydrogen-bond acceptors (Lipinski definition) is 5. The maximum absolute atomic E-state index is 11.7. The number of carbonyl (C=O) groups is 1. The normalized spacial score (nSPS) is 11.8. The summed E-state index contributed by atoms with van der Waals surface area (Å²) in [5.74, 6) is 0.625. The molecule has 100 valence electrons. The first-order valence-electron chi connectivity index (χ1n) is 5.68. The van der Waals surface area contributed by atoms with Gasteiger partial charge in [-0.1, -0.05) is 18.5 Å². The summed E-state index contributed by atoms with van der Waals surface area (Å²) in [6.45, 7) is 4.37. The van der Waals surface area contributed by atoms with E-state index in [1.165, 1.54) is 13.4 Å². The van der Waals surface area contributed by atoms with Crippen molar-refractivity contribution in [3.63, 3.8) is 0 Å². The second-order valence-electron chi connectivity index (χ2n) is 3.70. The first-order valence-corrected chi connectivity index (χ1v) is 6.06. The van der Waals surface area contributed by atoms with Crippen molar-refractivity contribution in [3.8, 4) is 5.75 Å². The summed E-state index contributed by atoms with van der Waals surface area (Å²) in [6.07, 6.45) is 2.20. The smallest absolute Gasteiger partial charge is 0.242 e. The molecule has 0 spiro atoms. The summed E-state index contributed by atoms with van der Waals surface area (Å²) in [7, 11) is 1.47. The van der Waals surface area contributed by atoms with Gasteiger partial charge in [-0.2, -0.15) is 0 Å². The molecule has 2 N–H and O–H groups in total. The summed E-state index contributed by atoms with van der Waals surface area (Å²) in [5, 5.41) is 5.93. The molecule has 1 heterocycles. The topological polar surface area (TPSA) is 76.1 Å². The third kappa shape index (κ3) is 3.73. The van der Waals surface area contributed by atoms with E-state index in [0.29, 0.717) is 18.1 Å². The molecule has 1 amide bonds. The van der Waals surface area contributed by atoms with Gasteiger partial charge in [0.2, 0.25) is 5.91 Å². The molecule has 0 radical (unpaired) electrons. The lowest BCUT2D eigenvalue weighted by atomic mass is 10.3. The Bertz CT molecular complexity index is 414. The zero-order valence-corrected chi connectivity index (χ0v) is 11.4. The fourth-order valence-electron chi connectivity index (χ4n) is 1.31. The van der Waals surface area contributed by atoms with E-state index in [1.807, 2.05) is 6.92 Å². The Hall–Kier alpha value is -1.56. The highest BCUT2D eigenvalue weighted by Crippen LogP contribution is 2.28. The number of amides is 1. The Labute approximate surface area is 111 Å². The SMILES string of the molecule is CCCNC(=O)C(C)Nc1ncnc(Cl)c1OC. The number of halogens is 1. The zero-order valence-electron chi connectivity index (χ0n) is 10.7. The molecule has 1 rings (SSSR count). The highest BCUT2D eigenvalue weighted by Gasteiger charge is 2.16. The Morgan fingerprint density at radius 1 is 1.56 bits per heavy atom. The highest BCUT2D eigenvalue weighted by atomic mass is 35.5. The van der Waals surface area contributed by atoms with Crippen molar-refractivity contribution in [2.24, 2.45) is 0 Å². The molecular formula is C11H17ClN4O2. The summed E-state index contributed by atoms with van der Waals surface area (Å²) in [6, 6.07) is -0.434. The van der Waals surface area contributed by atoms with Crippen molar-refractivity contribution in [1.82, 2.24) is 15.3 Å². The molecule has 0 aliphatic rings. The van der Waals surface area contributed by atoms with Gasteiger partial charge < -0.3 is 15.4 Å². The van der Waals surface area contributed by atoms with Crippen LogP contribution in [0.4, 0.5) is 5.82 Å². The minimum atomic E-state index is -0.434. The number of methoxy groups -OCH3 is 1. The Morgan fingerprint density at radius 3 is 2.89 bits per heavy atom. The molecule has 0 aliphatic carbocycles. The summed E-state index contributed by atoms with van der Waals surface area (Å²) >= 11 is 5.86. The molecule has 7 heteroatoms. The van der Waals surface area contributed by atoms with Crippen molar-refractivity contribution < 1.29 is 9.53 Å². The molecule has 1 aromatic heterocycles. The van der Waals surface area contributed by atoms with E-state index in [2.05, 4.69) is 20.6 Å². The fourth-order valence-corrected chi connectivity index (χ4v) is 1.52. The molecule has 1 unspecified atom stereocenters. The average molecular weight is 273 g/mol. The monoisotopic (exact) mass is 272 g/mol. The summed E-state index contributed by atoms with van der Waals surface area (Å²) in [5.41, 5.74) is 0. The second-order valence-corrected chi connectivity index (χ2v) is 4.06. The van der Waals surface area contributed by atoms with Gasteiger partial charge in [-0.15, -0.1) is 0 Å². The van der Waals surface area contributed by atoms with E-state index in [0.717, 1.165) is 6.42 Å². The first kappa shape index (κ1) is 14.5. The highest BCUT2D eigenvalue weighted by molar-refractivity contribution is 6.31. The van der Waals surface area contributed by atoms with Crippen LogP contribution in [0.2, 0.25) is 5.15 Å². The molecule has 1 aromatic rings. The van der Waals surface area contributed by atoms with Crippen LogP contribution in [-0.2, 0) is 4.79 Å². The van der Waals surface area contributed by atoms with Crippen molar-refractivity contribution in [1.29, 1.82) is 0 Å². The number of hydrogen-bond donors (Lipinski definition) is 2. The van der Waals surface area contributed by atoms with Crippen molar-refractivity contribution in [2.45, 2.75) is 26.3 Å². The Morgan fingerprint density at radius 2 is 2.28 bits per heavy atom. The van der Waals surface area contributed by atoms with Gasteiger partial charge >= 0.3 is 0 Å². The average Bonchev–Trinajstić information content (AvgIpc) is 2.36. The standard InChI is InChI=1S/C11H17ClN4O2/c1-4-5-13-11(17)7(2)16-10-8(18-3)9(12)14-6-15-10/h6-7H,4-5H2,1-3H3,(H,13,17)(H,14,15,16). The Kier molecular flexibility index (Phi) is 5.64. The summed E-state index contributed by atoms with van der Waals surface area (Å²) in [4.78, 5) is 19.5. The van der Waals surface area contributed by atoms with Gasteiger partial charge in [-0.05, 0) is 13.3 Å². The van der Waals surface area contributed by atoms with Gasteiger partial charge in [-0.3, -0.25) is 4.79 Å². The number of rotatable bonds is 6. The van der Waals surface area contributed by atoms with E-state index in [4.69, 9.17) is 16.3 Å². The maximum Gasteiger partial charge on any atom is 0.242 e. The van der Waals surface area contributed by atoms with Gasteiger partial charge in [0.1, 0.15) is 12.4 Å². The number of anilines is 1. The van der Waals surface area contributed by atoms with Crippen LogP contribution in [0.1, 0.15) is 20.3 Å². The summed E-state index contributed by atoms with van der Waals surface area (Å²) < 4.78 is 5.09. The van der Waals surface area contributed by atoms with E-state index < -0.39 is 6.04 Å². The number of nitrogens with zero attached hydrogens (tertiary/aromatic N) is 2. The molecule has 1 atom stereocenters. The third-order valence-corrected chi connectivity index (χ3v) is 2.53. The third-order valence-electron chi connectivity index (χ3n) is 2.26. The van der Waals surface area contributed by atoms with Crippen LogP contribution in [0.5, 0.6) is 5.75 Å². The molecule has 0 aromatic carbocycles. The molecule has 0 saturated heterocycles. The van der Waals surface area contributed by atoms with Crippen molar-refractivity contribution in [3.05, 3.63) is 11.5 Å². The van der Waals surface area contributed by atoms with Crippen LogP contribution in [-0.4, -0.2) is 35.6 Å². The van der Waals surface area contributed by atoms with Crippen LogP contribution in [0.15, 0.2) is 6.33 Å². The lowest BCUT2D eigenvalue weighted by molar-refractivity contribution is -0.121. The number of nitrogens with one attached hydrogen (secondary N) is 2. The Balaban J connectivity index is 2.72. The predicted octanol–water partition coefficient (Wildman–Crippen LogP) is 1.47. The largest absolute Gasteiger partial charge is 0.490 e. The van der Waals surface area contributed by atoms with Crippen molar-refractivity contribution >= 4 is 23.3 Å². The van der Waals surface area contributed by atoms with Gasteiger partial charge in [0.05, 0.1) is 7.11 Å². The molecular weight excluding hydrogens is 256 g/mol. The van der Waals surface area contributed by atoms with Gasteiger partial charge in [0.15, 0.2) is 16.7 Å². The minimum absolute atomic E-state index is 0.103. The molecule has 0 bridgehead atoms. The quantitative estimate of drug-likeness (QED) is 0.767. The second kappa shape index (κ2) is 7.00. The molecule has 0 saturated carbocycles. The van der Waals surface area contributed by atoms with Crippen LogP contribution in [0.3, 0.4) is 0 Å². The molecule has 0 fully saturated rings. The molecule has 18 heavy (non-hydrogen) atoms. The number of carbonyl (C=O) groups excluding carboxylic acids is 1. The van der Waals surface area contributed by atoms with Gasteiger partial charge in [0, 0.05) is 6.54 Å². The lowest BCUT2D eigenvalue weighted by Gasteiger charge is -2.16. The van der Waals surface area contributed by atoms with Gasteiger partial charge in [-0.25, -0.2) is 9.97 Å². The number of ether oxygens (including phenoxy) is 1. The first-order chi connectivity index (χ1) is 8.60. The van der Waals surface area contributed by atoms with E-state index in [-0.39, 0.29) is 11.1 Å². The van der Waals surface area contributed by atoms with Crippen LogP contribution < -0.4 is 15.4 Å². The predicted molar refractivity (Wildman–Crippen MR) is 70.0 cm³/mol. The van der Waals surface area contributed by atoms with Gasteiger partial charge in [0.25, 0.3) is 0 Å². The van der Waals surface area contributed by atoms with E-state index in [9.17, 15) is 4.79 Å². The zero-order chi connectivity index (χ0) is 13.5. The van der Waals surface area contributed by atoms with Crippen LogP contribution in [0, 0.1) is 0 Å². The number of aromatic nitrogens is 2. The maximum atomic E-state index is 11.7. The van der Waals surface area contributed by atoms with E-state index >= 15 is 0 Å². The minimum Gasteiger partial charge on any atom is -0.490 e. The van der Waals surface area contributed by atoms with Crippen molar-refractivity contribution in [2.75, 3.05) is 19.0 Å². The molecule has 6 nitrogen and oxygen atoms in total. The van der Waals surface area contributed by atoms with Crippen LogP contribution in [0.25, 0.3) is 0 Å². The lowest BCUT2D eigenvalue weighted by Crippen LogP contribution is -2.38. The van der Waals surface area contributed by atoms with E-state index in [1.54, 1.807) is 6.92 Å². The van der Waals surface area contributed by atoms with Crippen LogP contribution >= 0.6 is 11.6 Å². The molecule has 0 aliphatic heterocycles. The fraction of sp³-hybridized carbons (Fsp3) is 0.545.